The molecule has 9 nitrogen and oxygen atoms in total. The molecule has 512 valence electrons. The van der Waals surface area contributed by atoms with Crippen molar-refractivity contribution in [3.05, 3.63) is 122 Å². The van der Waals surface area contributed by atoms with Crippen LogP contribution in [0.4, 0.5) is 0 Å². The first-order valence-electron chi connectivity index (χ1n) is 36.9. The van der Waals surface area contributed by atoms with Gasteiger partial charge in [-0.15, -0.1) is 0 Å². The van der Waals surface area contributed by atoms with Crippen molar-refractivity contribution < 1.29 is 37.3 Å². The first kappa shape index (κ1) is 85.4. The molecule has 0 radical (unpaired) electrons. The molecule has 0 spiro atoms. The highest BCUT2D eigenvalue weighted by atomic mass is 31.2. The van der Waals surface area contributed by atoms with Crippen molar-refractivity contribution in [2.24, 2.45) is 0 Å². The number of quaternary nitrogens is 1. The first-order valence-corrected chi connectivity index (χ1v) is 38.4. The monoisotopic (exact) mass is 1260 g/mol. The number of unbranched alkanes of at least 4 members (excludes halogenated alkanes) is 32. The molecule has 0 aliphatic rings. The van der Waals surface area contributed by atoms with Crippen molar-refractivity contribution in [1.29, 1.82) is 0 Å². The van der Waals surface area contributed by atoms with Crippen molar-refractivity contribution in [3.8, 4) is 0 Å². The molecule has 89 heavy (non-hydrogen) atoms. The van der Waals surface area contributed by atoms with E-state index in [0.29, 0.717) is 17.4 Å². The smallest absolute Gasteiger partial charge is 0.456 e. The molecule has 3 atom stereocenters. The van der Waals surface area contributed by atoms with Gasteiger partial charge in [-0.1, -0.05) is 303 Å². The number of amides is 1. The Morgan fingerprint density at radius 2 is 0.719 bits per heavy atom. The summed E-state index contributed by atoms with van der Waals surface area (Å²) >= 11 is 0. The summed E-state index contributed by atoms with van der Waals surface area (Å²) in [7, 11) is 1.48. The Hall–Kier alpha value is -3.59. The molecule has 0 aromatic rings. The average molecular weight is 1260 g/mol. The number of phosphoric ester groups is 1. The standard InChI is InChI=1S/C79H139N2O7P/c1-7-10-13-16-19-22-25-28-30-32-34-36-38-39-40-41-43-45-47-49-51-54-57-60-63-66-69-72-79(83)88-77(70-67-64-61-58-55-52-27-24-21-18-15-12-9-3)76(75-87-89(84,85)86-74-73-81(4,5)6)80-78(82)71-68-65-62-59-56-53-50-48-46-44-42-37-35-33-31-29-26-23-20-17-14-11-8-2/h10,13,19-20,22-23,28-31,34-37,39-40,44,46,67,70,76-77H,7-9,11-12,14-18,21,24-27,32-33,38,41-43,45,47-66,68-69,71-75H2,1-6H3,(H-,80,82,84,85)/p+1/b13-10-,22-19-,23-20-,30-28-,31-29-,36-34-,37-35-,40-39-,46-44-,70-67+. The van der Waals surface area contributed by atoms with Crippen molar-refractivity contribution in [2.45, 2.75) is 328 Å². The van der Waals surface area contributed by atoms with E-state index in [9.17, 15) is 19.0 Å². The number of rotatable bonds is 66. The van der Waals surface area contributed by atoms with Gasteiger partial charge in [-0.3, -0.25) is 18.6 Å². The van der Waals surface area contributed by atoms with E-state index in [4.69, 9.17) is 13.8 Å². The van der Waals surface area contributed by atoms with Crippen LogP contribution >= 0.6 is 7.82 Å². The second-order valence-electron chi connectivity index (χ2n) is 25.7. The van der Waals surface area contributed by atoms with Gasteiger partial charge in [0.05, 0.1) is 33.8 Å². The van der Waals surface area contributed by atoms with Gasteiger partial charge in [-0.25, -0.2) is 4.57 Å². The van der Waals surface area contributed by atoms with Crippen LogP contribution in [-0.4, -0.2) is 74.3 Å². The van der Waals surface area contributed by atoms with E-state index in [1.54, 1.807) is 0 Å². The Bertz CT molecular complexity index is 1940. The van der Waals surface area contributed by atoms with E-state index in [1.807, 2.05) is 33.3 Å². The number of carbonyl (C=O) groups excluding carboxylic acids is 2. The molecule has 0 heterocycles. The molecule has 0 aromatic carbocycles. The maximum absolute atomic E-state index is 13.6. The lowest BCUT2D eigenvalue weighted by molar-refractivity contribution is -0.870. The number of carbonyl (C=O) groups is 2. The van der Waals surface area contributed by atoms with Crippen molar-refractivity contribution in [1.82, 2.24) is 5.32 Å². The highest BCUT2D eigenvalue weighted by molar-refractivity contribution is 7.47. The number of ether oxygens (including phenoxy) is 1. The third kappa shape index (κ3) is 68.6. The number of allylic oxidation sites excluding steroid dienone is 19. The molecule has 0 saturated heterocycles. The number of esters is 1. The predicted octanol–water partition coefficient (Wildman–Crippen LogP) is 23.8. The summed E-state index contributed by atoms with van der Waals surface area (Å²) in [5.74, 6) is -0.520. The van der Waals surface area contributed by atoms with E-state index < -0.39 is 20.0 Å². The van der Waals surface area contributed by atoms with E-state index in [2.05, 4.69) is 135 Å². The Morgan fingerprint density at radius 3 is 1.10 bits per heavy atom. The van der Waals surface area contributed by atoms with Crippen LogP contribution in [0.25, 0.3) is 0 Å². The summed E-state index contributed by atoms with van der Waals surface area (Å²) in [5.41, 5.74) is 0. The Kier molecular flexibility index (Phi) is 64.6. The summed E-state index contributed by atoms with van der Waals surface area (Å²) in [5, 5.41) is 3.07. The van der Waals surface area contributed by atoms with Crippen LogP contribution in [0, 0.1) is 0 Å². The van der Waals surface area contributed by atoms with Gasteiger partial charge in [0.2, 0.25) is 5.91 Å². The van der Waals surface area contributed by atoms with Crippen LogP contribution < -0.4 is 5.32 Å². The highest BCUT2D eigenvalue weighted by Gasteiger charge is 2.30. The molecule has 0 aromatic heterocycles. The van der Waals surface area contributed by atoms with E-state index >= 15 is 0 Å². The fraction of sp³-hybridized carbons (Fsp3) is 0.722. The zero-order valence-electron chi connectivity index (χ0n) is 58.6. The fourth-order valence-corrected chi connectivity index (χ4v) is 11.0. The second kappa shape index (κ2) is 67.3. The van der Waals surface area contributed by atoms with Gasteiger partial charge in [0.1, 0.15) is 19.3 Å². The summed E-state index contributed by atoms with van der Waals surface area (Å²) in [4.78, 5) is 38.0. The maximum atomic E-state index is 13.6. The molecule has 0 fully saturated rings. The minimum atomic E-state index is -4.47. The number of hydrogen-bond acceptors (Lipinski definition) is 6. The molecule has 0 rings (SSSR count). The van der Waals surface area contributed by atoms with Crippen LogP contribution in [0.1, 0.15) is 316 Å². The number of likely N-dealkylation sites (N-methyl/N-ethyl adjacent to an activating group) is 1. The summed E-state index contributed by atoms with van der Waals surface area (Å²) in [6.07, 6.45) is 94.9. The lowest BCUT2D eigenvalue weighted by atomic mass is 10.0. The van der Waals surface area contributed by atoms with E-state index in [1.165, 1.54) is 161 Å². The molecule has 0 bridgehead atoms. The number of nitrogens with zero attached hydrogens (tertiary/aromatic N) is 1. The Balaban J connectivity index is 5.11. The Morgan fingerprint density at radius 1 is 0.404 bits per heavy atom. The molecular formula is C79H140N2O7P+. The van der Waals surface area contributed by atoms with Crippen molar-refractivity contribution in [2.75, 3.05) is 40.9 Å². The van der Waals surface area contributed by atoms with Crippen molar-refractivity contribution in [3.63, 3.8) is 0 Å². The SMILES string of the molecule is CC/C=C\C/C=C\C/C=C\C/C=C\C/C=C\CCCCCCCCCCCCCC(=O)OC(/C=C/CCCCCCCCCCCCC)C(COP(=O)(O)OCC[N+](C)(C)C)NC(=O)CCCCCCCCC/C=C\C/C=C\C/C=C\C/C=C\CCCCC. The third-order valence-corrected chi connectivity index (χ3v) is 16.9. The topological polar surface area (TPSA) is 111 Å². The third-order valence-electron chi connectivity index (χ3n) is 15.9. The molecule has 0 saturated carbocycles. The molecule has 10 heteroatoms. The van der Waals surface area contributed by atoms with Gasteiger partial charge >= 0.3 is 13.8 Å². The molecule has 1 amide bonds. The van der Waals surface area contributed by atoms with Gasteiger partial charge in [0, 0.05) is 12.8 Å². The number of hydrogen-bond donors (Lipinski definition) is 2. The zero-order valence-corrected chi connectivity index (χ0v) is 59.5. The zero-order chi connectivity index (χ0) is 64.9. The minimum absolute atomic E-state index is 0.0322. The van der Waals surface area contributed by atoms with Gasteiger partial charge in [0.25, 0.3) is 0 Å². The van der Waals surface area contributed by atoms with E-state index in [0.717, 1.165) is 122 Å². The average Bonchev–Trinajstić information content (AvgIpc) is 3.63. The number of phosphoric acid groups is 1. The number of nitrogens with one attached hydrogen (secondary N) is 1. The Labute approximate surface area is 550 Å². The fourth-order valence-electron chi connectivity index (χ4n) is 10.2. The normalized spacial score (nSPS) is 14.2. The largest absolute Gasteiger partial charge is 0.472 e. The van der Waals surface area contributed by atoms with Crippen LogP contribution in [0.3, 0.4) is 0 Å². The summed E-state index contributed by atoms with van der Waals surface area (Å²) in [6, 6.07) is -0.865. The predicted molar refractivity (Wildman–Crippen MR) is 387 cm³/mol. The molecule has 2 N–H and O–H groups in total. The van der Waals surface area contributed by atoms with Gasteiger partial charge < -0.3 is 19.4 Å². The van der Waals surface area contributed by atoms with Gasteiger partial charge in [-0.05, 0) is 122 Å². The quantitative estimate of drug-likeness (QED) is 0.0205. The van der Waals surface area contributed by atoms with Crippen LogP contribution in [-0.2, 0) is 27.9 Å². The maximum Gasteiger partial charge on any atom is 0.472 e. The van der Waals surface area contributed by atoms with Gasteiger partial charge in [-0.2, -0.15) is 0 Å². The van der Waals surface area contributed by atoms with Crippen molar-refractivity contribution >= 4 is 19.7 Å². The lowest BCUT2D eigenvalue weighted by Crippen LogP contribution is -2.47. The molecule has 0 aliphatic carbocycles. The van der Waals surface area contributed by atoms with E-state index in [-0.39, 0.29) is 31.5 Å². The second-order valence-corrected chi connectivity index (χ2v) is 27.2. The van der Waals surface area contributed by atoms with Crippen LogP contribution in [0.5, 0.6) is 0 Å². The van der Waals surface area contributed by atoms with Crippen LogP contribution in [0.15, 0.2) is 122 Å². The van der Waals surface area contributed by atoms with Gasteiger partial charge in [0.15, 0.2) is 0 Å². The first-order chi connectivity index (χ1) is 43.4. The highest BCUT2D eigenvalue weighted by Crippen LogP contribution is 2.43. The molecule has 0 aliphatic heterocycles. The summed E-state index contributed by atoms with van der Waals surface area (Å²) in [6.45, 7) is 6.88. The summed E-state index contributed by atoms with van der Waals surface area (Å²) < 4.78 is 30.9. The molecule has 3 unspecified atom stereocenters. The lowest BCUT2D eigenvalue weighted by Gasteiger charge is -2.27. The minimum Gasteiger partial charge on any atom is -0.456 e. The molecular weight excluding hydrogens is 1120 g/mol. The van der Waals surface area contributed by atoms with Crippen LogP contribution in [0.2, 0.25) is 0 Å².